The smallest absolute Gasteiger partial charge is 0.270 e. The average Bonchev–Trinajstić information content (AvgIpc) is 3.00. The Hall–Kier alpha value is -3.29. The van der Waals surface area contributed by atoms with Gasteiger partial charge in [0.2, 0.25) is 0 Å². The van der Waals surface area contributed by atoms with E-state index in [4.69, 9.17) is 23.8 Å². The van der Waals surface area contributed by atoms with Gasteiger partial charge < -0.3 is 4.57 Å². The Balaban J connectivity index is 1.77. The second kappa shape index (κ2) is 8.33. The summed E-state index contributed by atoms with van der Waals surface area (Å²) >= 11 is 11.1. The van der Waals surface area contributed by atoms with Crippen molar-refractivity contribution in [3.8, 4) is 5.69 Å². The fourth-order valence-electron chi connectivity index (χ4n) is 3.77. The first kappa shape index (κ1) is 21.9. The minimum Gasteiger partial charge on any atom is -0.318 e. The summed E-state index contributed by atoms with van der Waals surface area (Å²) in [6.07, 6.45) is 1.55. The molecule has 1 aliphatic heterocycles. The van der Waals surface area contributed by atoms with E-state index < -0.39 is 17.6 Å². The third-order valence-electron chi connectivity index (χ3n) is 5.29. The Morgan fingerprint density at radius 2 is 1.78 bits per heavy atom. The minimum absolute atomic E-state index is 0.0801. The summed E-state index contributed by atoms with van der Waals surface area (Å²) in [4.78, 5) is 27.0. The number of rotatable bonds is 3. The molecule has 2 aromatic carbocycles. The zero-order valence-electron chi connectivity index (χ0n) is 17.6. The Kier molecular flexibility index (Phi) is 5.71. The molecule has 2 amide bonds. The second-order valence-corrected chi connectivity index (χ2v) is 8.35. The molecule has 0 radical (unpaired) electrons. The highest BCUT2D eigenvalue weighted by molar-refractivity contribution is 7.80. The molecule has 1 aromatic heterocycles. The molecule has 1 aliphatic rings. The van der Waals surface area contributed by atoms with Gasteiger partial charge in [0.05, 0.1) is 10.7 Å². The number of anilines is 1. The molecule has 0 bridgehead atoms. The van der Waals surface area contributed by atoms with Crippen LogP contribution in [0.25, 0.3) is 11.8 Å². The molecule has 0 atom stereocenters. The number of benzene rings is 2. The predicted octanol–water partition coefficient (Wildman–Crippen LogP) is 5.03. The molecule has 3 aromatic rings. The Morgan fingerprint density at radius 3 is 2.47 bits per heavy atom. The molecular weight excluding hydrogens is 449 g/mol. The number of nitrogens with zero attached hydrogens (tertiary/aromatic N) is 2. The summed E-state index contributed by atoms with van der Waals surface area (Å²) in [5.41, 5.74) is 4.87. The SMILES string of the molecule is Cc1cccc(-n2c(C)cc(/C=C3\C(=O)NC(=S)N(c4ccc(F)c(Cl)c4)C3=O)c2C)c1. The van der Waals surface area contributed by atoms with Crippen molar-refractivity contribution in [2.75, 3.05) is 4.90 Å². The summed E-state index contributed by atoms with van der Waals surface area (Å²) in [5.74, 6) is -1.82. The average molecular weight is 468 g/mol. The third kappa shape index (κ3) is 3.85. The number of amides is 2. The third-order valence-corrected chi connectivity index (χ3v) is 5.87. The van der Waals surface area contributed by atoms with Crippen LogP contribution in [0.2, 0.25) is 5.02 Å². The highest BCUT2D eigenvalue weighted by atomic mass is 35.5. The van der Waals surface area contributed by atoms with Crippen LogP contribution in [0.3, 0.4) is 0 Å². The van der Waals surface area contributed by atoms with Crippen LogP contribution in [-0.4, -0.2) is 21.5 Å². The van der Waals surface area contributed by atoms with Crippen molar-refractivity contribution in [1.82, 2.24) is 9.88 Å². The Bertz CT molecular complexity index is 1330. The van der Waals surface area contributed by atoms with Gasteiger partial charge in [0, 0.05) is 17.1 Å². The molecule has 0 saturated carbocycles. The topological polar surface area (TPSA) is 54.3 Å². The molecule has 4 rings (SSSR count). The van der Waals surface area contributed by atoms with Gasteiger partial charge in [-0.2, -0.15) is 0 Å². The van der Waals surface area contributed by atoms with Gasteiger partial charge in [0.25, 0.3) is 11.8 Å². The normalized spacial score (nSPS) is 15.5. The lowest BCUT2D eigenvalue weighted by Crippen LogP contribution is -2.54. The number of carbonyl (C=O) groups excluding carboxylic acids is 2. The molecule has 0 aliphatic carbocycles. The molecule has 0 unspecified atom stereocenters. The molecule has 1 N–H and O–H groups in total. The van der Waals surface area contributed by atoms with Gasteiger partial charge in [0.1, 0.15) is 11.4 Å². The number of aromatic nitrogens is 1. The molecule has 162 valence electrons. The van der Waals surface area contributed by atoms with Crippen molar-refractivity contribution >= 4 is 52.5 Å². The number of halogens is 2. The number of hydrogen-bond acceptors (Lipinski definition) is 3. The number of carbonyl (C=O) groups is 2. The number of aryl methyl sites for hydroxylation is 2. The van der Waals surface area contributed by atoms with Crippen LogP contribution in [-0.2, 0) is 9.59 Å². The van der Waals surface area contributed by atoms with Gasteiger partial charge in [-0.3, -0.25) is 19.8 Å². The van der Waals surface area contributed by atoms with Gasteiger partial charge in [0.15, 0.2) is 5.11 Å². The van der Waals surface area contributed by atoms with Crippen molar-refractivity contribution in [3.05, 3.63) is 87.5 Å². The van der Waals surface area contributed by atoms with E-state index in [1.807, 2.05) is 45.0 Å². The molecule has 2 heterocycles. The van der Waals surface area contributed by atoms with Crippen molar-refractivity contribution in [3.63, 3.8) is 0 Å². The lowest BCUT2D eigenvalue weighted by Gasteiger charge is -2.29. The maximum Gasteiger partial charge on any atom is 0.270 e. The molecule has 1 fully saturated rings. The highest BCUT2D eigenvalue weighted by Crippen LogP contribution is 2.28. The van der Waals surface area contributed by atoms with Gasteiger partial charge in [-0.15, -0.1) is 0 Å². The van der Waals surface area contributed by atoms with Crippen molar-refractivity contribution in [1.29, 1.82) is 0 Å². The Labute approximate surface area is 195 Å². The Morgan fingerprint density at radius 1 is 1.03 bits per heavy atom. The first-order valence-electron chi connectivity index (χ1n) is 9.80. The summed E-state index contributed by atoms with van der Waals surface area (Å²) < 4.78 is 15.6. The van der Waals surface area contributed by atoms with E-state index in [1.54, 1.807) is 6.08 Å². The highest BCUT2D eigenvalue weighted by Gasteiger charge is 2.35. The van der Waals surface area contributed by atoms with Crippen molar-refractivity contribution in [2.24, 2.45) is 0 Å². The van der Waals surface area contributed by atoms with Crippen LogP contribution >= 0.6 is 23.8 Å². The summed E-state index contributed by atoms with van der Waals surface area (Å²) in [6, 6.07) is 13.8. The van der Waals surface area contributed by atoms with E-state index in [2.05, 4.69) is 16.0 Å². The van der Waals surface area contributed by atoms with E-state index in [0.29, 0.717) is 0 Å². The monoisotopic (exact) mass is 467 g/mol. The quantitative estimate of drug-likeness (QED) is 0.334. The molecule has 32 heavy (non-hydrogen) atoms. The lowest BCUT2D eigenvalue weighted by atomic mass is 10.1. The predicted molar refractivity (Wildman–Crippen MR) is 128 cm³/mol. The molecular formula is C24H19ClFN3O2S. The van der Waals surface area contributed by atoms with E-state index in [-0.39, 0.29) is 21.4 Å². The van der Waals surface area contributed by atoms with Crippen LogP contribution in [0.4, 0.5) is 10.1 Å². The van der Waals surface area contributed by atoms with Crippen LogP contribution in [0.5, 0.6) is 0 Å². The molecule has 5 nitrogen and oxygen atoms in total. The number of hydrogen-bond donors (Lipinski definition) is 1. The summed E-state index contributed by atoms with van der Waals surface area (Å²) in [5, 5.41) is 2.29. The van der Waals surface area contributed by atoms with Crippen molar-refractivity contribution in [2.45, 2.75) is 20.8 Å². The van der Waals surface area contributed by atoms with Crippen LogP contribution in [0.1, 0.15) is 22.5 Å². The maximum absolute atomic E-state index is 13.6. The second-order valence-electron chi connectivity index (χ2n) is 7.56. The van der Waals surface area contributed by atoms with Crippen molar-refractivity contribution < 1.29 is 14.0 Å². The summed E-state index contributed by atoms with van der Waals surface area (Å²) in [7, 11) is 0. The zero-order chi connectivity index (χ0) is 23.2. The van der Waals surface area contributed by atoms with E-state index in [0.717, 1.165) is 39.2 Å². The van der Waals surface area contributed by atoms with E-state index in [1.165, 1.54) is 12.1 Å². The van der Waals surface area contributed by atoms with Gasteiger partial charge >= 0.3 is 0 Å². The molecule has 1 saturated heterocycles. The first-order chi connectivity index (χ1) is 15.2. The first-order valence-corrected chi connectivity index (χ1v) is 10.6. The molecule has 8 heteroatoms. The van der Waals surface area contributed by atoms with E-state index >= 15 is 0 Å². The zero-order valence-corrected chi connectivity index (χ0v) is 19.1. The largest absolute Gasteiger partial charge is 0.318 e. The minimum atomic E-state index is -0.616. The fraction of sp³-hybridized carbons (Fsp3) is 0.125. The number of nitrogens with one attached hydrogen (secondary N) is 1. The van der Waals surface area contributed by atoms with Crippen LogP contribution in [0.15, 0.2) is 54.1 Å². The number of thiocarbonyl (C=S) groups is 1. The maximum atomic E-state index is 13.6. The van der Waals surface area contributed by atoms with Gasteiger partial charge in [-0.1, -0.05) is 23.7 Å². The van der Waals surface area contributed by atoms with E-state index in [9.17, 15) is 14.0 Å². The van der Waals surface area contributed by atoms with Gasteiger partial charge in [-0.25, -0.2) is 4.39 Å². The lowest BCUT2D eigenvalue weighted by molar-refractivity contribution is -0.122. The molecule has 0 spiro atoms. The fourth-order valence-corrected chi connectivity index (χ4v) is 4.23. The van der Waals surface area contributed by atoms with Crippen LogP contribution < -0.4 is 10.2 Å². The van der Waals surface area contributed by atoms with Crippen LogP contribution in [0, 0.1) is 26.6 Å². The van der Waals surface area contributed by atoms with Gasteiger partial charge in [-0.05, 0) is 86.6 Å². The summed E-state index contributed by atoms with van der Waals surface area (Å²) in [6.45, 7) is 5.90. The standard InChI is InChI=1S/C24H19ClFN3O2S/c1-13-5-4-6-17(9-13)28-14(2)10-16(15(28)3)11-19-22(30)27-24(32)29(23(19)31)18-7-8-21(26)20(25)12-18/h4-12H,1-3H3,(H,27,30,32)/b19-11+.